The summed E-state index contributed by atoms with van der Waals surface area (Å²) in [6.45, 7) is 0. The second-order valence-corrected chi connectivity index (χ2v) is 15.6. The van der Waals surface area contributed by atoms with Gasteiger partial charge in [-0.15, -0.1) is 0 Å². The smallest absolute Gasteiger partial charge is 0.0334 e. The van der Waals surface area contributed by atoms with Gasteiger partial charge in [-0.3, -0.25) is 0 Å². The third kappa shape index (κ3) is 6.69. The second-order valence-electron chi connectivity index (χ2n) is 15.6. The van der Waals surface area contributed by atoms with Gasteiger partial charge in [0.1, 0.15) is 0 Å². The van der Waals surface area contributed by atoms with E-state index in [1.54, 1.807) is 0 Å². The lowest BCUT2D eigenvalue weighted by atomic mass is 9.91. The summed E-state index contributed by atoms with van der Waals surface area (Å²) in [5.74, 6) is 7.32. The molecular weight excluding hydrogens is 721 g/mol. The Hall–Kier alpha value is -7.98. The fraction of sp³-hybridized carbons (Fsp3) is 0. The van der Waals surface area contributed by atoms with Crippen LogP contribution in [0.4, 0.5) is 0 Å². The highest BCUT2D eigenvalue weighted by Gasteiger charge is 2.12. The van der Waals surface area contributed by atoms with Gasteiger partial charge in [0, 0.05) is 11.1 Å². The van der Waals surface area contributed by atoms with E-state index in [9.17, 15) is 0 Å². The number of hydrogen-bond donors (Lipinski definition) is 0. The summed E-state index contributed by atoms with van der Waals surface area (Å²) in [4.78, 5) is 0. The van der Waals surface area contributed by atoms with Gasteiger partial charge in [0.25, 0.3) is 0 Å². The van der Waals surface area contributed by atoms with Crippen molar-refractivity contribution in [2.45, 2.75) is 0 Å². The van der Waals surface area contributed by atoms with Gasteiger partial charge in [0.05, 0.1) is 0 Å². The predicted molar refractivity (Wildman–Crippen MR) is 256 cm³/mol. The maximum atomic E-state index is 3.69. The van der Waals surface area contributed by atoms with Crippen molar-refractivity contribution in [1.29, 1.82) is 0 Å². The molecule has 0 aliphatic carbocycles. The molecule has 0 fully saturated rings. The summed E-state index contributed by atoms with van der Waals surface area (Å²) in [6.07, 6.45) is 0. The third-order valence-corrected chi connectivity index (χ3v) is 11.9. The molecule has 0 saturated carbocycles. The second kappa shape index (κ2) is 15.1. The zero-order chi connectivity index (χ0) is 39.8. The van der Waals surface area contributed by atoms with Gasteiger partial charge < -0.3 is 0 Å². The standard InChI is InChI=1S/C60H38/c1-2-14-43(15-3-1)57-23-9-8-16-44(57)26-29-55-39-56-38-53(49-21-10-19-47(36-49)51-27-24-41-12-4-6-17-45(41)34-51)30-32-58(56)59-33-31-54(40-60(55)59)50-22-11-20-48(37-50)52-28-25-42-13-5-7-18-46(42)35-52/h1-25,27-28,30-40H. The fourth-order valence-electron chi connectivity index (χ4n) is 8.72. The van der Waals surface area contributed by atoms with E-state index >= 15 is 0 Å². The average molecular weight is 759 g/mol. The topological polar surface area (TPSA) is 0 Å². The molecule has 0 heteroatoms. The molecule has 11 rings (SSSR count). The zero-order valence-electron chi connectivity index (χ0n) is 32.9. The van der Waals surface area contributed by atoms with Crippen LogP contribution in [0.2, 0.25) is 0 Å². The lowest BCUT2D eigenvalue weighted by Crippen LogP contribution is -1.89. The summed E-state index contributed by atoms with van der Waals surface area (Å²) in [5.41, 5.74) is 13.9. The van der Waals surface area contributed by atoms with Crippen LogP contribution in [0.5, 0.6) is 0 Å². The molecule has 0 saturated heterocycles. The highest BCUT2D eigenvalue weighted by molar-refractivity contribution is 6.12. The van der Waals surface area contributed by atoms with E-state index in [1.807, 2.05) is 0 Å². The van der Waals surface area contributed by atoms with Crippen molar-refractivity contribution in [2.75, 3.05) is 0 Å². The SMILES string of the molecule is C(#Cc1cc2cc(-c3cccc(-c4ccc5ccccc5c4)c3)ccc2c2ccc(-c3cccc(-c4ccc5ccccc5c4)c3)cc12)c1ccccc1-c1ccccc1. The van der Waals surface area contributed by atoms with Crippen molar-refractivity contribution in [3.05, 3.63) is 242 Å². The van der Waals surface area contributed by atoms with Gasteiger partial charge in [-0.25, -0.2) is 0 Å². The fourth-order valence-corrected chi connectivity index (χ4v) is 8.72. The van der Waals surface area contributed by atoms with Crippen LogP contribution < -0.4 is 0 Å². The molecule has 11 aromatic rings. The van der Waals surface area contributed by atoms with Crippen molar-refractivity contribution >= 4 is 43.1 Å². The molecular formula is C60H38. The Kier molecular flexibility index (Phi) is 8.85. The van der Waals surface area contributed by atoms with Gasteiger partial charge in [-0.2, -0.15) is 0 Å². The minimum atomic E-state index is 1.01. The van der Waals surface area contributed by atoms with E-state index in [0.717, 1.165) is 27.6 Å². The van der Waals surface area contributed by atoms with Crippen LogP contribution in [-0.4, -0.2) is 0 Å². The highest BCUT2D eigenvalue weighted by Crippen LogP contribution is 2.37. The van der Waals surface area contributed by atoms with Crippen LogP contribution in [0.25, 0.3) is 98.7 Å². The molecule has 0 unspecified atom stereocenters. The van der Waals surface area contributed by atoms with Gasteiger partial charge >= 0.3 is 0 Å². The predicted octanol–water partition coefficient (Wildman–Crippen LogP) is 16.0. The van der Waals surface area contributed by atoms with E-state index in [-0.39, 0.29) is 0 Å². The Bertz CT molecular complexity index is 3490. The molecule has 0 N–H and O–H groups in total. The summed E-state index contributed by atoms with van der Waals surface area (Å²) in [6, 6.07) is 83.4. The minimum Gasteiger partial charge on any atom is -0.0622 e. The van der Waals surface area contributed by atoms with Gasteiger partial charge in [-0.1, -0.05) is 194 Å². The van der Waals surface area contributed by atoms with Crippen molar-refractivity contribution in [1.82, 2.24) is 0 Å². The summed E-state index contributed by atoms with van der Waals surface area (Å²) in [5, 5.41) is 9.72. The van der Waals surface area contributed by atoms with Crippen molar-refractivity contribution in [3.63, 3.8) is 0 Å². The van der Waals surface area contributed by atoms with E-state index in [1.165, 1.54) is 82.2 Å². The maximum absolute atomic E-state index is 3.69. The van der Waals surface area contributed by atoms with Crippen molar-refractivity contribution < 1.29 is 0 Å². The van der Waals surface area contributed by atoms with E-state index < -0.39 is 0 Å². The lowest BCUT2D eigenvalue weighted by molar-refractivity contribution is 1.58. The Morgan fingerprint density at radius 2 is 0.633 bits per heavy atom. The number of hydrogen-bond acceptors (Lipinski definition) is 0. The summed E-state index contributed by atoms with van der Waals surface area (Å²) >= 11 is 0. The first-order chi connectivity index (χ1) is 29.7. The molecule has 0 nitrogen and oxygen atoms in total. The van der Waals surface area contributed by atoms with E-state index in [4.69, 9.17) is 0 Å². The number of rotatable bonds is 5. The van der Waals surface area contributed by atoms with E-state index in [0.29, 0.717) is 0 Å². The van der Waals surface area contributed by atoms with Crippen LogP contribution in [0.3, 0.4) is 0 Å². The first-order valence-corrected chi connectivity index (χ1v) is 20.6. The van der Waals surface area contributed by atoms with Crippen LogP contribution in [0.15, 0.2) is 231 Å². The normalized spacial score (nSPS) is 11.2. The molecule has 0 amide bonds. The third-order valence-electron chi connectivity index (χ3n) is 11.9. The van der Waals surface area contributed by atoms with E-state index in [2.05, 4.69) is 242 Å². The maximum Gasteiger partial charge on any atom is 0.0334 e. The van der Waals surface area contributed by atoms with Crippen LogP contribution in [0.1, 0.15) is 11.1 Å². The van der Waals surface area contributed by atoms with Crippen LogP contribution in [0, 0.1) is 11.8 Å². The Morgan fingerprint density at radius 1 is 0.200 bits per heavy atom. The molecule has 278 valence electrons. The molecule has 60 heavy (non-hydrogen) atoms. The van der Waals surface area contributed by atoms with Crippen LogP contribution in [-0.2, 0) is 0 Å². The monoisotopic (exact) mass is 758 g/mol. The van der Waals surface area contributed by atoms with Crippen molar-refractivity contribution in [2.24, 2.45) is 0 Å². The minimum absolute atomic E-state index is 1.01. The summed E-state index contributed by atoms with van der Waals surface area (Å²) < 4.78 is 0. The molecule has 11 aromatic carbocycles. The molecule has 0 radical (unpaired) electrons. The molecule has 0 bridgehead atoms. The van der Waals surface area contributed by atoms with Gasteiger partial charge in [0.15, 0.2) is 0 Å². The zero-order valence-corrected chi connectivity index (χ0v) is 32.9. The van der Waals surface area contributed by atoms with Crippen molar-refractivity contribution in [3.8, 4) is 67.5 Å². The van der Waals surface area contributed by atoms with Crippen LogP contribution >= 0.6 is 0 Å². The number of fused-ring (bicyclic) bond motifs is 5. The molecule has 0 spiro atoms. The molecule has 0 heterocycles. The van der Waals surface area contributed by atoms with Gasteiger partial charge in [-0.05, 0) is 147 Å². The number of benzene rings is 11. The lowest BCUT2D eigenvalue weighted by Gasteiger charge is -2.13. The largest absolute Gasteiger partial charge is 0.0622 e. The Balaban J connectivity index is 1.04. The molecule has 0 aliphatic heterocycles. The molecule has 0 aliphatic rings. The first kappa shape index (κ1) is 35.2. The molecule has 0 atom stereocenters. The quantitative estimate of drug-likeness (QED) is 0.121. The Morgan fingerprint density at radius 3 is 1.25 bits per heavy atom. The molecule has 0 aromatic heterocycles. The first-order valence-electron chi connectivity index (χ1n) is 20.6. The highest BCUT2D eigenvalue weighted by atomic mass is 14.2. The summed E-state index contributed by atoms with van der Waals surface area (Å²) in [7, 11) is 0. The van der Waals surface area contributed by atoms with Gasteiger partial charge in [0.2, 0.25) is 0 Å². The Labute approximate surface area is 350 Å². The average Bonchev–Trinajstić information content (AvgIpc) is 3.33.